The number of nitrogens with one attached hydrogen (secondary N) is 1. The summed E-state index contributed by atoms with van der Waals surface area (Å²) in [6, 6.07) is 0.665. The third-order valence-electron chi connectivity index (χ3n) is 3.54. The minimum Gasteiger partial charge on any atom is -0.394 e. The number of morpholine rings is 1. The molecule has 2 fully saturated rings. The van der Waals surface area contributed by atoms with Crippen molar-refractivity contribution in [1.82, 2.24) is 10.2 Å². The number of piperidine rings is 1. The fourth-order valence-electron chi connectivity index (χ4n) is 2.89. The van der Waals surface area contributed by atoms with Crippen molar-refractivity contribution in [3.63, 3.8) is 0 Å². The van der Waals surface area contributed by atoms with Crippen LogP contribution in [0.15, 0.2) is 0 Å². The van der Waals surface area contributed by atoms with Gasteiger partial charge in [0.25, 0.3) is 0 Å². The molecule has 0 aromatic rings. The quantitative estimate of drug-likeness (QED) is 0.709. The molecule has 94 valence electrons. The molecule has 2 aliphatic rings. The van der Waals surface area contributed by atoms with Crippen LogP contribution in [0.25, 0.3) is 0 Å². The van der Waals surface area contributed by atoms with Gasteiger partial charge in [0.1, 0.15) is 0 Å². The molecule has 2 rings (SSSR count). The molecule has 2 N–H and O–H groups in total. The summed E-state index contributed by atoms with van der Waals surface area (Å²) in [5.74, 6) is 0. The summed E-state index contributed by atoms with van der Waals surface area (Å²) in [4.78, 5) is 2.51. The Morgan fingerprint density at radius 2 is 2.06 bits per heavy atom. The highest BCUT2D eigenvalue weighted by Gasteiger charge is 2.36. The van der Waals surface area contributed by atoms with E-state index in [1.54, 1.807) is 0 Å². The number of rotatable bonds is 2. The Morgan fingerprint density at radius 1 is 1.38 bits per heavy atom. The van der Waals surface area contributed by atoms with E-state index in [9.17, 15) is 5.11 Å². The van der Waals surface area contributed by atoms with Gasteiger partial charge in [0.2, 0.25) is 0 Å². The second-order valence-electron chi connectivity index (χ2n) is 5.59. The molecule has 0 aromatic heterocycles. The molecule has 0 saturated carbocycles. The van der Waals surface area contributed by atoms with Gasteiger partial charge in [-0.1, -0.05) is 0 Å². The van der Waals surface area contributed by atoms with Crippen molar-refractivity contribution < 1.29 is 9.84 Å². The van der Waals surface area contributed by atoms with Gasteiger partial charge in [0.15, 0.2) is 0 Å². The number of hydrogen-bond acceptors (Lipinski definition) is 4. The summed E-state index contributed by atoms with van der Waals surface area (Å²) in [6.45, 7) is 8.45. The Kier molecular flexibility index (Phi) is 3.85. The molecule has 4 heteroatoms. The number of aliphatic hydroxyl groups is 1. The van der Waals surface area contributed by atoms with Gasteiger partial charge in [-0.2, -0.15) is 0 Å². The van der Waals surface area contributed by atoms with Crippen molar-refractivity contribution in [2.75, 3.05) is 32.8 Å². The van der Waals surface area contributed by atoms with Crippen LogP contribution in [0, 0.1) is 0 Å². The Bertz CT molecular complexity index is 227. The van der Waals surface area contributed by atoms with Gasteiger partial charge < -0.3 is 15.2 Å². The van der Waals surface area contributed by atoms with Crippen LogP contribution in [-0.4, -0.2) is 60.5 Å². The number of nitrogens with zero attached hydrogens (tertiary/aromatic N) is 1. The molecule has 2 saturated heterocycles. The van der Waals surface area contributed by atoms with Crippen LogP contribution in [0.5, 0.6) is 0 Å². The van der Waals surface area contributed by atoms with E-state index in [4.69, 9.17) is 4.74 Å². The molecular formula is C12H24N2O2. The van der Waals surface area contributed by atoms with E-state index in [2.05, 4.69) is 24.1 Å². The lowest BCUT2D eigenvalue weighted by atomic mass is 9.98. The van der Waals surface area contributed by atoms with Crippen LogP contribution in [0.1, 0.15) is 26.7 Å². The molecule has 0 aromatic carbocycles. The van der Waals surface area contributed by atoms with Crippen molar-refractivity contribution in [1.29, 1.82) is 0 Å². The molecule has 2 aliphatic heterocycles. The first kappa shape index (κ1) is 12.3. The van der Waals surface area contributed by atoms with E-state index in [1.165, 1.54) is 12.8 Å². The fourth-order valence-corrected chi connectivity index (χ4v) is 2.89. The lowest BCUT2D eigenvalue weighted by Crippen LogP contribution is -2.58. The van der Waals surface area contributed by atoms with Crippen molar-refractivity contribution in [3.8, 4) is 0 Å². The zero-order valence-corrected chi connectivity index (χ0v) is 10.4. The Morgan fingerprint density at radius 3 is 2.69 bits per heavy atom. The van der Waals surface area contributed by atoms with Crippen molar-refractivity contribution >= 4 is 0 Å². The van der Waals surface area contributed by atoms with Crippen molar-refractivity contribution in [3.05, 3.63) is 0 Å². The van der Waals surface area contributed by atoms with Crippen LogP contribution >= 0.6 is 0 Å². The lowest BCUT2D eigenvalue weighted by molar-refractivity contribution is -0.158. The molecule has 0 amide bonds. The van der Waals surface area contributed by atoms with Crippen molar-refractivity contribution in [2.45, 2.75) is 44.4 Å². The predicted octanol–water partition coefficient (Wildman–Crippen LogP) is 0.210. The first-order valence-corrected chi connectivity index (χ1v) is 6.34. The lowest BCUT2D eigenvalue weighted by Gasteiger charge is -2.46. The average molecular weight is 228 g/mol. The van der Waals surface area contributed by atoms with Crippen LogP contribution in [0.2, 0.25) is 0 Å². The monoisotopic (exact) mass is 228 g/mol. The van der Waals surface area contributed by atoms with E-state index in [1.807, 2.05) is 0 Å². The van der Waals surface area contributed by atoms with Crippen LogP contribution in [0.4, 0.5) is 0 Å². The standard InChI is InChI=1S/C12H24N2O2/c1-12(2)9-14(7-11(8-15)16-12)10-3-5-13-6-4-10/h10-11,13,15H,3-9H2,1-2H3. The van der Waals surface area contributed by atoms with Gasteiger partial charge >= 0.3 is 0 Å². The van der Waals surface area contributed by atoms with Crippen LogP contribution in [0.3, 0.4) is 0 Å². The predicted molar refractivity (Wildman–Crippen MR) is 63.5 cm³/mol. The topological polar surface area (TPSA) is 44.7 Å². The minimum absolute atomic E-state index is 0.0152. The zero-order valence-electron chi connectivity index (χ0n) is 10.4. The Hall–Kier alpha value is -0.160. The highest BCUT2D eigenvalue weighted by Crippen LogP contribution is 2.25. The molecule has 1 atom stereocenters. The Balaban J connectivity index is 1.97. The van der Waals surface area contributed by atoms with E-state index in [0.29, 0.717) is 6.04 Å². The van der Waals surface area contributed by atoms with Crippen LogP contribution < -0.4 is 5.32 Å². The molecule has 0 bridgehead atoms. The summed E-state index contributed by atoms with van der Waals surface area (Å²) >= 11 is 0. The maximum absolute atomic E-state index is 9.28. The second-order valence-corrected chi connectivity index (χ2v) is 5.59. The van der Waals surface area contributed by atoms with Gasteiger partial charge in [-0.25, -0.2) is 0 Å². The first-order chi connectivity index (χ1) is 7.61. The summed E-state index contributed by atoms with van der Waals surface area (Å²) in [5.41, 5.74) is -0.128. The summed E-state index contributed by atoms with van der Waals surface area (Å²) in [5, 5.41) is 12.7. The van der Waals surface area contributed by atoms with Gasteiger partial charge in [-0.3, -0.25) is 4.90 Å². The smallest absolute Gasteiger partial charge is 0.0940 e. The van der Waals surface area contributed by atoms with Gasteiger partial charge in [0.05, 0.1) is 18.3 Å². The van der Waals surface area contributed by atoms with Gasteiger partial charge in [-0.05, 0) is 39.8 Å². The van der Waals surface area contributed by atoms with E-state index < -0.39 is 0 Å². The van der Waals surface area contributed by atoms with E-state index in [-0.39, 0.29) is 18.3 Å². The third-order valence-corrected chi connectivity index (χ3v) is 3.54. The molecule has 0 aliphatic carbocycles. The summed E-state index contributed by atoms with van der Waals surface area (Å²) < 4.78 is 5.84. The molecule has 2 heterocycles. The SMILES string of the molecule is CC1(C)CN(C2CCNCC2)CC(CO)O1. The minimum atomic E-state index is -0.128. The molecule has 0 radical (unpaired) electrons. The maximum Gasteiger partial charge on any atom is 0.0940 e. The molecule has 16 heavy (non-hydrogen) atoms. The maximum atomic E-state index is 9.28. The molecule has 4 nitrogen and oxygen atoms in total. The summed E-state index contributed by atoms with van der Waals surface area (Å²) in [7, 11) is 0. The first-order valence-electron chi connectivity index (χ1n) is 6.34. The third kappa shape index (κ3) is 2.94. The Labute approximate surface area is 98.0 Å². The van der Waals surface area contributed by atoms with Gasteiger partial charge in [-0.15, -0.1) is 0 Å². The number of aliphatic hydroxyl groups excluding tert-OH is 1. The summed E-state index contributed by atoms with van der Waals surface area (Å²) in [6.07, 6.45) is 2.42. The highest BCUT2D eigenvalue weighted by atomic mass is 16.5. The van der Waals surface area contributed by atoms with Gasteiger partial charge in [0, 0.05) is 19.1 Å². The van der Waals surface area contributed by atoms with E-state index in [0.717, 1.165) is 26.2 Å². The average Bonchev–Trinajstić information content (AvgIpc) is 2.28. The largest absolute Gasteiger partial charge is 0.394 e. The van der Waals surface area contributed by atoms with Crippen LogP contribution in [-0.2, 0) is 4.74 Å². The zero-order chi connectivity index (χ0) is 11.6. The number of ether oxygens (including phenoxy) is 1. The fraction of sp³-hybridized carbons (Fsp3) is 1.00. The van der Waals surface area contributed by atoms with E-state index >= 15 is 0 Å². The number of hydrogen-bond donors (Lipinski definition) is 2. The molecule has 0 spiro atoms. The highest BCUT2D eigenvalue weighted by molar-refractivity contribution is 4.89. The second kappa shape index (κ2) is 5.00. The molecular weight excluding hydrogens is 204 g/mol. The van der Waals surface area contributed by atoms with Crippen molar-refractivity contribution in [2.24, 2.45) is 0 Å². The molecule has 1 unspecified atom stereocenters. The normalized spacial score (nSPS) is 32.8.